The molecule has 0 aliphatic rings. The lowest BCUT2D eigenvalue weighted by molar-refractivity contribution is -0.142. The van der Waals surface area contributed by atoms with E-state index < -0.39 is 6.04 Å². The van der Waals surface area contributed by atoms with Gasteiger partial charge in [0, 0.05) is 18.6 Å². The summed E-state index contributed by atoms with van der Waals surface area (Å²) in [5.74, 6) is 0.124. The number of nitrogens with one attached hydrogen (secondary N) is 1. The Bertz CT molecular complexity index is 777. The van der Waals surface area contributed by atoms with E-state index in [2.05, 4.69) is 5.32 Å². The minimum Gasteiger partial charge on any atom is -0.484 e. The first-order valence-electron chi connectivity index (χ1n) is 8.90. The van der Waals surface area contributed by atoms with Crippen LogP contribution in [0, 0.1) is 6.92 Å². The molecule has 0 saturated carbocycles. The van der Waals surface area contributed by atoms with E-state index in [-0.39, 0.29) is 25.0 Å². The van der Waals surface area contributed by atoms with Gasteiger partial charge >= 0.3 is 0 Å². The Kier molecular flexibility index (Phi) is 7.67. The quantitative estimate of drug-likeness (QED) is 0.751. The van der Waals surface area contributed by atoms with Crippen LogP contribution >= 0.6 is 11.6 Å². The number of benzene rings is 2. The molecular weight excluding hydrogens is 364 g/mol. The van der Waals surface area contributed by atoms with Gasteiger partial charge in [-0.15, -0.1) is 0 Å². The number of hydrogen-bond acceptors (Lipinski definition) is 3. The molecule has 0 radical (unpaired) electrons. The number of carbonyl (C=O) groups excluding carboxylic acids is 2. The van der Waals surface area contributed by atoms with Gasteiger partial charge in [-0.1, -0.05) is 54.4 Å². The monoisotopic (exact) mass is 388 g/mol. The van der Waals surface area contributed by atoms with Crippen molar-refractivity contribution in [1.82, 2.24) is 10.2 Å². The topological polar surface area (TPSA) is 58.6 Å². The van der Waals surface area contributed by atoms with Crippen LogP contribution in [0.1, 0.15) is 24.5 Å². The van der Waals surface area contributed by atoms with E-state index in [1.54, 1.807) is 13.1 Å². The van der Waals surface area contributed by atoms with E-state index in [1.165, 1.54) is 4.90 Å². The molecule has 0 aliphatic carbocycles. The first kappa shape index (κ1) is 20.8. The standard InChI is InChI=1S/C21H25ClN2O3/c1-4-19(21(26)23-3)24(13-16-7-5-6-8-18(16)22)20(25)14-27-17-11-9-15(2)10-12-17/h5-12,19H,4,13-14H2,1-3H3,(H,23,26)/t19-/m0/s1. The van der Waals surface area contributed by atoms with Gasteiger partial charge in [0.2, 0.25) is 5.91 Å². The average Bonchev–Trinajstić information content (AvgIpc) is 2.68. The lowest BCUT2D eigenvalue weighted by Gasteiger charge is -2.30. The summed E-state index contributed by atoms with van der Waals surface area (Å²) < 4.78 is 5.62. The first-order chi connectivity index (χ1) is 13.0. The van der Waals surface area contributed by atoms with E-state index in [0.717, 1.165) is 11.1 Å². The highest BCUT2D eigenvalue weighted by molar-refractivity contribution is 6.31. The average molecular weight is 389 g/mol. The largest absolute Gasteiger partial charge is 0.484 e. The number of carbonyl (C=O) groups is 2. The molecule has 144 valence electrons. The molecule has 1 N–H and O–H groups in total. The van der Waals surface area contributed by atoms with E-state index in [9.17, 15) is 9.59 Å². The maximum atomic E-state index is 12.9. The molecule has 0 unspecified atom stereocenters. The van der Waals surface area contributed by atoms with Crippen molar-refractivity contribution in [2.45, 2.75) is 32.9 Å². The number of likely N-dealkylation sites (N-methyl/N-ethyl adjacent to an activating group) is 1. The van der Waals surface area contributed by atoms with Crippen LogP contribution < -0.4 is 10.1 Å². The second-order valence-corrected chi connectivity index (χ2v) is 6.66. The normalized spacial score (nSPS) is 11.6. The number of amides is 2. The summed E-state index contributed by atoms with van der Waals surface area (Å²) in [6.07, 6.45) is 0.487. The first-order valence-corrected chi connectivity index (χ1v) is 9.28. The Morgan fingerprint density at radius 3 is 2.41 bits per heavy atom. The van der Waals surface area contributed by atoms with Gasteiger partial charge in [0.25, 0.3) is 5.91 Å². The molecule has 2 aromatic rings. The van der Waals surface area contributed by atoms with Gasteiger partial charge in [0.05, 0.1) is 0 Å². The number of hydrogen-bond donors (Lipinski definition) is 1. The molecule has 2 rings (SSSR count). The van der Waals surface area contributed by atoms with Gasteiger partial charge in [-0.05, 0) is 37.1 Å². The molecule has 0 spiro atoms. The predicted molar refractivity (Wildman–Crippen MR) is 107 cm³/mol. The Morgan fingerprint density at radius 2 is 1.81 bits per heavy atom. The highest BCUT2D eigenvalue weighted by Gasteiger charge is 2.28. The summed E-state index contributed by atoms with van der Waals surface area (Å²) >= 11 is 6.25. The third-order valence-electron chi connectivity index (χ3n) is 4.31. The Labute approximate surface area is 165 Å². The van der Waals surface area contributed by atoms with Gasteiger partial charge in [-0.3, -0.25) is 9.59 Å². The van der Waals surface area contributed by atoms with Gasteiger partial charge in [0.15, 0.2) is 6.61 Å². The lowest BCUT2D eigenvalue weighted by Crippen LogP contribution is -2.49. The van der Waals surface area contributed by atoms with E-state index in [1.807, 2.05) is 56.3 Å². The number of nitrogens with zero attached hydrogens (tertiary/aromatic N) is 1. The van der Waals surface area contributed by atoms with Crippen molar-refractivity contribution in [3.05, 3.63) is 64.7 Å². The highest BCUT2D eigenvalue weighted by Crippen LogP contribution is 2.20. The second kappa shape index (κ2) is 9.97. The molecule has 6 heteroatoms. The summed E-state index contributed by atoms with van der Waals surface area (Å²) in [6.45, 7) is 3.94. The molecule has 0 fully saturated rings. The summed E-state index contributed by atoms with van der Waals surface area (Å²) in [4.78, 5) is 26.7. The fourth-order valence-electron chi connectivity index (χ4n) is 2.76. The molecule has 1 atom stereocenters. The van der Waals surface area contributed by atoms with Crippen molar-refractivity contribution in [2.75, 3.05) is 13.7 Å². The van der Waals surface area contributed by atoms with Crippen LogP contribution in [0.4, 0.5) is 0 Å². The minimum atomic E-state index is -0.597. The maximum absolute atomic E-state index is 12.9. The molecule has 2 aromatic carbocycles. The summed E-state index contributed by atoms with van der Waals surface area (Å²) in [7, 11) is 1.56. The number of rotatable bonds is 8. The van der Waals surface area contributed by atoms with E-state index in [0.29, 0.717) is 17.2 Å². The predicted octanol–water partition coefficient (Wildman–Crippen LogP) is 3.58. The van der Waals surface area contributed by atoms with Gasteiger partial charge in [0.1, 0.15) is 11.8 Å². The van der Waals surface area contributed by atoms with Crippen molar-refractivity contribution in [3.8, 4) is 5.75 Å². The SMILES string of the molecule is CC[C@@H](C(=O)NC)N(Cc1ccccc1Cl)C(=O)COc1ccc(C)cc1. The summed E-state index contributed by atoms with van der Waals surface area (Å²) in [5, 5.41) is 3.18. The highest BCUT2D eigenvalue weighted by atomic mass is 35.5. The molecule has 0 aromatic heterocycles. The molecule has 0 bridgehead atoms. The molecule has 5 nitrogen and oxygen atoms in total. The fourth-order valence-corrected chi connectivity index (χ4v) is 2.95. The van der Waals surface area contributed by atoms with Crippen LogP contribution in [0.5, 0.6) is 5.75 Å². The van der Waals surface area contributed by atoms with Crippen molar-refractivity contribution < 1.29 is 14.3 Å². The zero-order valence-corrected chi connectivity index (χ0v) is 16.6. The molecule has 0 aliphatic heterocycles. The molecule has 0 heterocycles. The number of halogens is 1. The number of ether oxygens (including phenoxy) is 1. The van der Waals surface area contributed by atoms with Crippen molar-refractivity contribution >= 4 is 23.4 Å². The van der Waals surface area contributed by atoms with Gasteiger partial charge in [-0.2, -0.15) is 0 Å². The third kappa shape index (κ3) is 5.73. The Balaban J connectivity index is 2.19. The molecule has 2 amide bonds. The van der Waals surface area contributed by atoms with Crippen LogP contribution in [0.15, 0.2) is 48.5 Å². The zero-order valence-electron chi connectivity index (χ0n) is 15.9. The van der Waals surface area contributed by atoms with Crippen molar-refractivity contribution in [1.29, 1.82) is 0 Å². The zero-order chi connectivity index (χ0) is 19.8. The lowest BCUT2D eigenvalue weighted by atomic mass is 10.1. The van der Waals surface area contributed by atoms with Crippen LogP contribution in [-0.2, 0) is 16.1 Å². The molecular formula is C21H25ClN2O3. The molecule has 0 saturated heterocycles. The van der Waals surface area contributed by atoms with Crippen LogP contribution in [-0.4, -0.2) is 36.4 Å². The van der Waals surface area contributed by atoms with Gasteiger partial charge in [-0.25, -0.2) is 0 Å². The fraction of sp³-hybridized carbons (Fsp3) is 0.333. The number of aryl methyl sites for hydroxylation is 1. The van der Waals surface area contributed by atoms with Crippen molar-refractivity contribution in [2.24, 2.45) is 0 Å². The maximum Gasteiger partial charge on any atom is 0.261 e. The summed E-state index contributed by atoms with van der Waals surface area (Å²) in [6, 6.07) is 14.2. The second-order valence-electron chi connectivity index (χ2n) is 6.25. The minimum absolute atomic E-state index is 0.152. The van der Waals surface area contributed by atoms with Gasteiger partial charge < -0.3 is 15.0 Å². The van der Waals surface area contributed by atoms with Crippen LogP contribution in [0.3, 0.4) is 0 Å². The van der Waals surface area contributed by atoms with Crippen LogP contribution in [0.25, 0.3) is 0 Å². The Hall–Kier alpha value is -2.53. The van der Waals surface area contributed by atoms with E-state index in [4.69, 9.17) is 16.3 Å². The Morgan fingerprint density at radius 1 is 1.15 bits per heavy atom. The summed E-state index contributed by atoms with van der Waals surface area (Å²) in [5.41, 5.74) is 1.89. The third-order valence-corrected chi connectivity index (χ3v) is 4.68. The van der Waals surface area contributed by atoms with Crippen molar-refractivity contribution in [3.63, 3.8) is 0 Å². The molecule has 27 heavy (non-hydrogen) atoms. The smallest absolute Gasteiger partial charge is 0.261 e. The van der Waals surface area contributed by atoms with E-state index >= 15 is 0 Å². The van der Waals surface area contributed by atoms with Crippen LogP contribution in [0.2, 0.25) is 5.02 Å².